The highest BCUT2D eigenvalue weighted by Crippen LogP contribution is 2.04. The molecule has 0 aliphatic heterocycles. The number of aliphatic hydroxyl groups is 1. The predicted molar refractivity (Wildman–Crippen MR) is 61.8 cm³/mol. The molecule has 1 heterocycles. The first-order chi connectivity index (χ1) is 8.41. The maximum absolute atomic E-state index is 11.7. The normalized spacial score (nSPS) is 13.7. The minimum Gasteiger partial charge on any atom is -0.480 e. The molecule has 0 aromatic carbocycles. The van der Waals surface area contributed by atoms with E-state index in [1.807, 2.05) is 0 Å². The summed E-state index contributed by atoms with van der Waals surface area (Å²) in [6, 6.07) is 1.46. The van der Waals surface area contributed by atoms with E-state index >= 15 is 0 Å². The van der Waals surface area contributed by atoms with E-state index < -0.39 is 24.1 Å². The fourth-order valence-corrected chi connectivity index (χ4v) is 1.34. The molecule has 0 fully saturated rings. The zero-order valence-electron chi connectivity index (χ0n) is 10.2. The lowest BCUT2D eigenvalue weighted by Crippen LogP contribution is -2.51. The lowest BCUT2D eigenvalue weighted by molar-refractivity contribution is -0.141. The van der Waals surface area contributed by atoms with E-state index in [9.17, 15) is 14.7 Å². The standard InChI is InChI=1S/C11H16N2O5/c1-7(14)9(10(15)16)12-11(17)13(2)6-8-4-3-5-18-8/h3-5,7,9,14H,6H2,1-2H3,(H,12,17)(H,15,16). The first-order valence-corrected chi connectivity index (χ1v) is 5.36. The Morgan fingerprint density at radius 3 is 2.67 bits per heavy atom. The molecule has 0 spiro atoms. The summed E-state index contributed by atoms with van der Waals surface area (Å²) < 4.78 is 5.07. The van der Waals surface area contributed by atoms with E-state index in [-0.39, 0.29) is 6.54 Å². The van der Waals surface area contributed by atoms with Gasteiger partial charge in [-0.05, 0) is 19.1 Å². The van der Waals surface area contributed by atoms with Crippen LogP contribution in [0.25, 0.3) is 0 Å². The molecule has 1 rings (SSSR count). The third-order valence-electron chi connectivity index (χ3n) is 2.35. The van der Waals surface area contributed by atoms with Crippen LogP contribution in [-0.2, 0) is 11.3 Å². The number of amides is 2. The predicted octanol–water partition coefficient (Wildman–Crippen LogP) is 0.255. The molecule has 100 valence electrons. The van der Waals surface area contributed by atoms with Crippen molar-refractivity contribution >= 4 is 12.0 Å². The molecule has 0 aliphatic rings. The Bertz CT molecular complexity index is 402. The summed E-state index contributed by atoms with van der Waals surface area (Å²) >= 11 is 0. The maximum Gasteiger partial charge on any atom is 0.328 e. The summed E-state index contributed by atoms with van der Waals surface area (Å²) in [5.41, 5.74) is 0. The number of hydrogen-bond donors (Lipinski definition) is 3. The lowest BCUT2D eigenvalue weighted by Gasteiger charge is -2.22. The summed E-state index contributed by atoms with van der Waals surface area (Å²) in [4.78, 5) is 23.8. The topological polar surface area (TPSA) is 103 Å². The Kier molecular flexibility index (Phi) is 4.73. The van der Waals surface area contributed by atoms with Crippen molar-refractivity contribution in [2.75, 3.05) is 7.05 Å². The van der Waals surface area contributed by atoms with Crippen LogP contribution in [0.4, 0.5) is 4.79 Å². The molecule has 2 amide bonds. The van der Waals surface area contributed by atoms with Crippen LogP contribution >= 0.6 is 0 Å². The Morgan fingerprint density at radius 2 is 2.22 bits per heavy atom. The monoisotopic (exact) mass is 256 g/mol. The van der Waals surface area contributed by atoms with Crippen LogP contribution in [0.5, 0.6) is 0 Å². The fourth-order valence-electron chi connectivity index (χ4n) is 1.34. The number of aliphatic hydroxyl groups excluding tert-OH is 1. The van der Waals surface area contributed by atoms with Crippen molar-refractivity contribution < 1.29 is 24.2 Å². The summed E-state index contributed by atoms with van der Waals surface area (Å²) in [5, 5.41) is 20.3. The molecule has 0 aliphatic carbocycles. The highest BCUT2D eigenvalue weighted by molar-refractivity contribution is 5.82. The quantitative estimate of drug-likeness (QED) is 0.701. The van der Waals surface area contributed by atoms with Crippen molar-refractivity contribution in [1.82, 2.24) is 10.2 Å². The lowest BCUT2D eigenvalue weighted by atomic mass is 10.2. The van der Waals surface area contributed by atoms with Crippen LogP contribution in [0.2, 0.25) is 0 Å². The van der Waals surface area contributed by atoms with Crippen molar-refractivity contribution in [3.63, 3.8) is 0 Å². The maximum atomic E-state index is 11.7. The van der Waals surface area contributed by atoms with Gasteiger partial charge in [0, 0.05) is 7.05 Å². The average molecular weight is 256 g/mol. The van der Waals surface area contributed by atoms with Crippen molar-refractivity contribution in [2.24, 2.45) is 0 Å². The molecule has 2 atom stereocenters. The summed E-state index contributed by atoms with van der Waals surface area (Å²) in [5.74, 6) is -0.707. The van der Waals surface area contributed by atoms with E-state index in [1.165, 1.54) is 25.1 Å². The number of carbonyl (C=O) groups excluding carboxylic acids is 1. The molecule has 1 aromatic rings. The molecule has 0 bridgehead atoms. The second-order valence-corrected chi connectivity index (χ2v) is 3.94. The van der Waals surface area contributed by atoms with Gasteiger partial charge >= 0.3 is 12.0 Å². The minimum absolute atomic E-state index is 0.213. The number of hydrogen-bond acceptors (Lipinski definition) is 4. The first kappa shape index (κ1) is 14.0. The second kappa shape index (κ2) is 6.06. The van der Waals surface area contributed by atoms with E-state index in [0.717, 1.165) is 0 Å². The number of urea groups is 1. The van der Waals surface area contributed by atoms with Gasteiger partial charge in [0.15, 0.2) is 6.04 Å². The van der Waals surface area contributed by atoms with Gasteiger partial charge in [-0.15, -0.1) is 0 Å². The smallest absolute Gasteiger partial charge is 0.328 e. The second-order valence-electron chi connectivity index (χ2n) is 3.94. The molecule has 1 aromatic heterocycles. The zero-order valence-corrected chi connectivity index (χ0v) is 10.2. The van der Waals surface area contributed by atoms with Gasteiger partial charge < -0.3 is 24.8 Å². The van der Waals surface area contributed by atoms with E-state index in [2.05, 4.69) is 5.32 Å². The van der Waals surface area contributed by atoms with Crippen LogP contribution in [0.15, 0.2) is 22.8 Å². The third kappa shape index (κ3) is 3.77. The molecule has 0 saturated carbocycles. The van der Waals surface area contributed by atoms with Gasteiger partial charge in [-0.3, -0.25) is 0 Å². The van der Waals surface area contributed by atoms with Gasteiger partial charge in [0.25, 0.3) is 0 Å². The summed E-state index contributed by atoms with van der Waals surface area (Å²) in [6.07, 6.45) is 0.306. The van der Waals surface area contributed by atoms with Gasteiger partial charge in [0.2, 0.25) is 0 Å². The van der Waals surface area contributed by atoms with E-state index in [0.29, 0.717) is 5.76 Å². The number of rotatable bonds is 5. The largest absolute Gasteiger partial charge is 0.480 e. The number of aliphatic carboxylic acids is 1. The number of furan rings is 1. The number of nitrogens with zero attached hydrogens (tertiary/aromatic N) is 1. The van der Waals surface area contributed by atoms with Crippen molar-refractivity contribution in [3.8, 4) is 0 Å². The van der Waals surface area contributed by atoms with Crippen LogP contribution < -0.4 is 5.32 Å². The first-order valence-electron chi connectivity index (χ1n) is 5.36. The van der Waals surface area contributed by atoms with E-state index in [4.69, 9.17) is 9.52 Å². The zero-order chi connectivity index (χ0) is 13.7. The molecule has 18 heavy (non-hydrogen) atoms. The number of carbonyl (C=O) groups is 2. The molecule has 0 radical (unpaired) electrons. The third-order valence-corrected chi connectivity index (χ3v) is 2.35. The Morgan fingerprint density at radius 1 is 1.56 bits per heavy atom. The number of carboxylic acids is 1. The Hall–Kier alpha value is -2.02. The Balaban J connectivity index is 2.56. The molecule has 2 unspecified atom stereocenters. The summed E-state index contributed by atoms with van der Waals surface area (Å²) in [7, 11) is 1.50. The van der Waals surface area contributed by atoms with Gasteiger partial charge in [-0.1, -0.05) is 0 Å². The molecule has 3 N–H and O–H groups in total. The summed E-state index contributed by atoms with van der Waals surface area (Å²) in [6.45, 7) is 1.51. The van der Waals surface area contributed by atoms with Gasteiger partial charge in [0.1, 0.15) is 5.76 Å². The average Bonchev–Trinajstić information content (AvgIpc) is 2.77. The number of nitrogens with one attached hydrogen (secondary N) is 1. The van der Waals surface area contributed by atoms with Gasteiger partial charge in [0.05, 0.1) is 18.9 Å². The van der Waals surface area contributed by atoms with Crippen molar-refractivity contribution in [1.29, 1.82) is 0 Å². The van der Waals surface area contributed by atoms with Crippen LogP contribution in [-0.4, -0.2) is 46.3 Å². The van der Waals surface area contributed by atoms with Crippen LogP contribution in [0, 0.1) is 0 Å². The van der Waals surface area contributed by atoms with Gasteiger partial charge in [-0.25, -0.2) is 9.59 Å². The van der Waals surface area contributed by atoms with Crippen LogP contribution in [0.3, 0.4) is 0 Å². The minimum atomic E-state index is -1.34. The highest BCUT2D eigenvalue weighted by atomic mass is 16.4. The van der Waals surface area contributed by atoms with Gasteiger partial charge in [-0.2, -0.15) is 0 Å². The highest BCUT2D eigenvalue weighted by Gasteiger charge is 2.26. The van der Waals surface area contributed by atoms with Crippen LogP contribution in [0.1, 0.15) is 12.7 Å². The molecule has 7 nitrogen and oxygen atoms in total. The molecule has 7 heteroatoms. The number of carboxylic acid groups (broad SMARTS) is 1. The SMILES string of the molecule is CC(O)C(NC(=O)N(C)Cc1ccco1)C(=O)O. The van der Waals surface area contributed by atoms with Crippen molar-refractivity contribution in [3.05, 3.63) is 24.2 Å². The molecule has 0 saturated heterocycles. The van der Waals surface area contributed by atoms with E-state index in [1.54, 1.807) is 12.1 Å². The fraction of sp³-hybridized carbons (Fsp3) is 0.455. The molecular formula is C11H16N2O5. The Labute approximate surface area is 104 Å². The molecular weight excluding hydrogens is 240 g/mol. The van der Waals surface area contributed by atoms with Crippen molar-refractivity contribution in [2.45, 2.75) is 25.6 Å².